The lowest BCUT2D eigenvalue weighted by atomic mass is 10.1. The predicted octanol–water partition coefficient (Wildman–Crippen LogP) is 0.347. The largest absolute Gasteiger partial charge is 0.357 e. The smallest absolute Gasteiger partial charge is 0.266 e. The first-order chi connectivity index (χ1) is 15.2. The number of nitrogens with one attached hydrogen (secondary N) is 2. The Labute approximate surface area is 185 Å². The second-order valence-electron chi connectivity index (χ2n) is 6.95. The van der Waals surface area contributed by atoms with Gasteiger partial charge in [0.25, 0.3) is 10.1 Å². The number of rotatable bonds is 10. The number of nitrogens with zero attached hydrogens (tertiary/aromatic N) is 6. The van der Waals surface area contributed by atoms with Crippen molar-refractivity contribution in [2.24, 2.45) is 5.73 Å². The Morgan fingerprint density at radius 3 is 2.00 bits per heavy atom. The summed E-state index contributed by atoms with van der Waals surface area (Å²) in [7, 11) is -2.39. The minimum Gasteiger partial charge on any atom is -0.357 e. The van der Waals surface area contributed by atoms with Gasteiger partial charge in [-0.3, -0.25) is 4.55 Å². The lowest BCUT2D eigenvalue weighted by molar-refractivity contribution is 0.484. The molecule has 32 heavy (non-hydrogen) atoms. The molecule has 0 aliphatic rings. The van der Waals surface area contributed by atoms with Crippen molar-refractivity contribution in [3.05, 3.63) is 58.7 Å². The maximum Gasteiger partial charge on any atom is 0.266 e. The van der Waals surface area contributed by atoms with Crippen molar-refractivity contribution in [1.29, 1.82) is 0 Å². The molecule has 0 fully saturated rings. The molecular weight excluding hydrogens is 434 g/mol. The Hall–Kier alpha value is -3.29. The first kappa shape index (κ1) is 23.4. The first-order valence-electron chi connectivity index (χ1n) is 9.84. The van der Waals surface area contributed by atoms with Crippen LogP contribution in [0.1, 0.15) is 34.4 Å². The van der Waals surface area contributed by atoms with E-state index in [0.717, 1.165) is 11.1 Å². The molecule has 5 N–H and O–H groups in total. The molecule has 0 bridgehead atoms. The third kappa shape index (κ3) is 7.14. The standard InChI is InChI=1S/C19H25N9O3S/c1-12-23-15(25-17(11-20)24-12)9-13-3-5-14(6-4-13)10-16-26-18(21-2)28-19(27-16)22-7-8-32(29,30)31/h3-6H,7-11,20H2,1-2H3,(H,29,30,31)(H2,21,22,26,27,28). The highest BCUT2D eigenvalue weighted by molar-refractivity contribution is 7.85. The van der Waals surface area contributed by atoms with Crippen molar-refractivity contribution in [1.82, 2.24) is 29.9 Å². The second kappa shape index (κ2) is 10.3. The molecule has 170 valence electrons. The number of aryl methyl sites for hydroxylation is 1. The van der Waals surface area contributed by atoms with Gasteiger partial charge in [0.1, 0.15) is 23.3 Å². The maximum absolute atomic E-state index is 10.9. The molecule has 2 aromatic heterocycles. The Morgan fingerprint density at radius 1 is 0.875 bits per heavy atom. The second-order valence-corrected chi connectivity index (χ2v) is 8.52. The summed E-state index contributed by atoms with van der Waals surface area (Å²) < 4.78 is 30.6. The van der Waals surface area contributed by atoms with Crippen molar-refractivity contribution in [3.63, 3.8) is 0 Å². The monoisotopic (exact) mass is 459 g/mol. The van der Waals surface area contributed by atoms with Gasteiger partial charge in [-0.15, -0.1) is 0 Å². The summed E-state index contributed by atoms with van der Waals surface area (Å²) in [6.45, 7) is 2.05. The first-order valence-corrected chi connectivity index (χ1v) is 11.4. The molecule has 0 aliphatic heterocycles. The maximum atomic E-state index is 10.9. The Balaban J connectivity index is 1.69. The summed E-state index contributed by atoms with van der Waals surface area (Å²) in [6.07, 6.45) is 1.01. The van der Waals surface area contributed by atoms with Crippen LogP contribution in [0.2, 0.25) is 0 Å². The number of anilines is 2. The van der Waals surface area contributed by atoms with E-state index in [1.54, 1.807) is 7.05 Å². The van der Waals surface area contributed by atoms with E-state index in [0.29, 0.717) is 42.1 Å². The van der Waals surface area contributed by atoms with Crippen LogP contribution in [0.4, 0.5) is 11.9 Å². The van der Waals surface area contributed by atoms with E-state index >= 15 is 0 Å². The fourth-order valence-electron chi connectivity index (χ4n) is 2.89. The quantitative estimate of drug-likeness (QED) is 0.306. The van der Waals surface area contributed by atoms with Crippen LogP contribution in [0.15, 0.2) is 24.3 Å². The van der Waals surface area contributed by atoms with Gasteiger partial charge in [-0.2, -0.15) is 23.4 Å². The fraction of sp³-hybridized carbons (Fsp3) is 0.368. The van der Waals surface area contributed by atoms with Gasteiger partial charge < -0.3 is 16.4 Å². The zero-order chi connectivity index (χ0) is 23.1. The zero-order valence-corrected chi connectivity index (χ0v) is 18.6. The van der Waals surface area contributed by atoms with Gasteiger partial charge in [0, 0.05) is 26.4 Å². The van der Waals surface area contributed by atoms with E-state index in [1.165, 1.54) is 0 Å². The summed E-state index contributed by atoms with van der Waals surface area (Å²) in [6, 6.07) is 7.92. The van der Waals surface area contributed by atoms with Crippen LogP contribution < -0.4 is 16.4 Å². The molecule has 0 saturated heterocycles. The number of benzene rings is 1. The van der Waals surface area contributed by atoms with Crippen LogP contribution in [0, 0.1) is 6.92 Å². The van der Waals surface area contributed by atoms with E-state index in [9.17, 15) is 8.42 Å². The number of hydrogen-bond acceptors (Lipinski definition) is 11. The van der Waals surface area contributed by atoms with Crippen LogP contribution in [0.5, 0.6) is 0 Å². The Bertz CT molecular complexity index is 1170. The van der Waals surface area contributed by atoms with E-state index in [4.69, 9.17) is 10.3 Å². The van der Waals surface area contributed by atoms with Crippen LogP contribution in [-0.4, -0.2) is 62.2 Å². The van der Waals surface area contributed by atoms with Crippen molar-refractivity contribution < 1.29 is 13.0 Å². The van der Waals surface area contributed by atoms with Gasteiger partial charge in [0.05, 0.1) is 12.3 Å². The van der Waals surface area contributed by atoms with Gasteiger partial charge in [0.2, 0.25) is 11.9 Å². The molecule has 12 nitrogen and oxygen atoms in total. The summed E-state index contributed by atoms with van der Waals surface area (Å²) in [5.74, 6) is 2.51. The molecule has 0 aliphatic carbocycles. The van der Waals surface area contributed by atoms with Gasteiger partial charge in [0.15, 0.2) is 0 Å². The third-order valence-corrected chi connectivity index (χ3v) is 5.04. The molecular formula is C19H25N9O3S. The summed E-state index contributed by atoms with van der Waals surface area (Å²) in [5, 5.41) is 5.64. The highest BCUT2D eigenvalue weighted by atomic mass is 32.2. The third-order valence-electron chi connectivity index (χ3n) is 4.32. The van der Waals surface area contributed by atoms with Crippen LogP contribution in [0.3, 0.4) is 0 Å². The zero-order valence-electron chi connectivity index (χ0n) is 17.8. The topological polar surface area (TPSA) is 182 Å². The van der Waals surface area contributed by atoms with Gasteiger partial charge in [-0.25, -0.2) is 15.0 Å². The number of nitrogens with two attached hydrogens (primary N) is 1. The molecule has 0 amide bonds. The average Bonchev–Trinajstić information content (AvgIpc) is 2.73. The lowest BCUT2D eigenvalue weighted by Gasteiger charge is -2.09. The van der Waals surface area contributed by atoms with E-state index in [-0.39, 0.29) is 19.0 Å². The van der Waals surface area contributed by atoms with Crippen molar-refractivity contribution in [3.8, 4) is 0 Å². The fourth-order valence-corrected chi connectivity index (χ4v) is 3.25. The lowest BCUT2D eigenvalue weighted by Crippen LogP contribution is -2.17. The Kier molecular flexibility index (Phi) is 7.56. The molecule has 0 saturated carbocycles. The summed E-state index contributed by atoms with van der Waals surface area (Å²) in [5.41, 5.74) is 7.66. The van der Waals surface area contributed by atoms with Crippen molar-refractivity contribution in [2.75, 3.05) is 30.0 Å². The van der Waals surface area contributed by atoms with Crippen LogP contribution >= 0.6 is 0 Å². The molecule has 0 spiro atoms. The number of hydrogen-bond donors (Lipinski definition) is 4. The highest BCUT2D eigenvalue weighted by Gasteiger charge is 2.10. The molecule has 3 rings (SSSR count). The summed E-state index contributed by atoms with van der Waals surface area (Å²) >= 11 is 0. The molecule has 1 aromatic carbocycles. The minimum absolute atomic E-state index is 0.0252. The van der Waals surface area contributed by atoms with Gasteiger partial charge >= 0.3 is 0 Å². The Morgan fingerprint density at radius 2 is 1.44 bits per heavy atom. The van der Waals surface area contributed by atoms with Crippen LogP contribution in [-0.2, 0) is 29.5 Å². The van der Waals surface area contributed by atoms with Gasteiger partial charge in [-0.1, -0.05) is 24.3 Å². The molecule has 0 unspecified atom stereocenters. The molecule has 13 heteroatoms. The van der Waals surface area contributed by atoms with E-state index < -0.39 is 15.9 Å². The highest BCUT2D eigenvalue weighted by Crippen LogP contribution is 2.13. The normalized spacial score (nSPS) is 11.4. The van der Waals surface area contributed by atoms with Gasteiger partial charge in [-0.05, 0) is 18.1 Å². The van der Waals surface area contributed by atoms with Crippen molar-refractivity contribution >= 4 is 22.0 Å². The van der Waals surface area contributed by atoms with E-state index in [1.807, 2.05) is 31.2 Å². The minimum atomic E-state index is -4.07. The molecule has 2 heterocycles. The molecule has 0 radical (unpaired) electrons. The predicted molar refractivity (Wildman–Crippen MR) is 119 cm³/mol. The number of aromatic nitrogens is 6. The SMILES string of the molecule is CNc1nc(Cc2ccc(Cc3nc(C)nc(CN)n3)cc2)nc(NCCS(=O)(=O)O)n1. The summed E-state index contributed by atoms with van der Waals surface area (Å²) in [4.78, 5) is 25.7. The molecule has 0 atom stereocenters. The van der Waals surface area contributed by atoms with Crippen LogP contribution in [0.25, 0.3) is 0 Å². The van der Waals surface area contributed by atoms with E-state index in [2.05, 4.69) is 40.5 Å². The molecule has 3 aromatic rings. The average molecular weight is 460 g/mol. The van der Waals surface area contributed by atoms with Crippen molar-refractivity contribution in [2.45, 2.75) is 26.3 Å².